The Kier molecular flexibility index (Phi) is 6.58. The maximum absolute atomic E-state index is 13.4. The van der Waals surface area contributed by atoms with Gasteiger partial charge in [-0.2, -0.15) is 0 Å². The van der Waals surface area contributed by atoms with Gasteiger partial charge in [-0.05, 0) is 61.6 Å². The van der Waals surface area contributed by atoms with Crippen molar-refractivity contribution in [2.45, 2.75) is 12.5 Å². The first-order chi connectivity index (χ1) is 15.4. The van der Waals surface area contributed by atoms with Gasteiger partial charge in [0.1, 0.15) is 29.5 Å². The lowest BCUT2D eigenvalue weighted by Gasteiger charge is -2.21. The minimum absolute atomic E-state index is 0.122. The molecular weight excluding hydrogens is 429 g/mol. The summed E-state index contributed by atoms with van der Waals surface area (Å²) in [5.41, 5.74) is 2.41. The molecule has 3 aromatic carbocycles. The molecule has 0 saturated heterocycles. The van der Waals surface area contributed by atoms with E-state index in [0.717, 1.165) is 24.1 Å². The second kappa shape index (κ2) is 9.55. The van der Waals surface area contributed by atoms with Crippen LogP contribution < -0.4 is 10.2 Å². The fourth-order valence-electron chi connectivity index (χ4n) is 3.52. The number of hydrogen-bond donors (Lipinski definition) is 0. The van der Waals surface area contributed by atoms with Crippen LogP contribution in [0.5, 0.6) is 5.75 Å². The molecule has 0 spiro atoms. The molecule has 0 aliphatic heterocycles. The fourth-order valence-corrected chi connectivity index (χ4v) is 3.65. The van der Waals surface area contributed by atoms with E-state index in [1.807, 2.05) is 14.1 Å². The highest BCUT2D eigenvalue weighted by atomic mass is 35.5. The first-order valence-corrected chi connectivity index (χ1v) is 10.7. The van der Waals surface area contributed by atoms with Gasteiger partial charge in [0.15, 0.2) is 5.43 Å². The number of rotatable bonds is 7. The Morgan fingerprint density at radius 3 is 2.44 bits per heavy atom. The molecule has 0 saturated carbocycles. The van der Waals surface area contributed by atoms with Crippen LogP contribution in [-0.2, 0) is 0 Å². The van der Waals surface area contributed by atoms with Gasteiger partial charge in [-0.25, -0.2) is 4.39 Å². The lowest BCUT2D eigenvalue weighted by Crippen LogP contribution is -2.18. The fraction of sp³-hybridized carbons (Fsp3) is 0.192. The van der Waals surface area contributed by atoms with Gasteiger partial charge in [0, 0.05) is 24.1 Å². The quantitative estimate of drug-likeness (QED) is 0.329. The van der Waals surface area contributed by atoms with Crippen molar-refractivity contribution >= 4 is 22.6 Å². The third-order valence-electron chi connectivity index (χ3n) is 5.26. The Balaban J connectivity index is 1.64. The van der Waals surface area contributed by atoms with E-state index in [1.165, 1.54) is 18.4 Å². The Bertz CT molecular complexity index is 1270. The number of nitrogens with zero attached hydrogens (tertiary/aromatic N) is 1. The molecule has 1 unspecified atom stereocenters. The van der Waals surface area contributed by atoms with Crippen molar-refractivity contribution < 1.29 is 13.5 Å². The van der Waals surface area contributed by atoms with Gasteiger partial charge in [-0.3, -0.25) is 4.79 Å². The summed E-state index contributed by atoms with van der Waals surface area (Å²) in [6.45, 7) is 0.801. The molecule has 0 amide bonds. The van der Waals surface area contributed by atoms with Gasteiger partial charge in [0.05, 0.1) is 10.9 Å². The first-order valence-electron chi connectivity index (χ1n) is 10.3. The Hall–Kier alpha value is -3.15. The summed E-state index contributed by atoms with van der Waals surface area (Å²) in [4.78, 5) is 15.1. The molecule has 0 N–H and O–H groups in total. The molecule has 0 aliphatic rings. The van der Waals surface area contributed by atoms with Crippen LogP contribution in [0.1, 0.15) is 18.1 Å². The largest absolute Gasteiger partial charge is 0.486 e. The standard InChI is InChI=1S/C26H23ClFNO3/c1-29(2)14-13-24(18-5-9-20(28)10-6-18)32-21-11-12-22-25(15-21)31-16-23(26(22)30)17-3-7-19(27)8-4-17/h3-12,15-16,24H,13-14H2,1-2H3. The van der Waals surface area contributed by atoms with E-state index >= 15 is 0 Å². The van der Waals surface area contributed by atoms with Crippen LogP contribution in [0.2, 0.25) is 5.02 Å². The second-order valence-corrected chi connectivity index (χ2v) is 8.33. The van der Waals surface area contributed by atoms with E-state index in [-0.39, 0.29) is 17.3 Å². The topological polar surface area (TPSA) is 42.7 Å². The van der Waals surface area contributed by atoms with Crippen molar-refractivity contribution in [2.24, 2.45) is 0 Å². The zero-order chi connectivity index (χ0) is 22.7. The molecule has 164 valence electrons. The molecule has 0 aliphatic carbocycles. The van der Waals surface area contributed by atoms with E-state index in [4.69, 9.17) is 20.8 Å². The van der Waals surface area contributed by atoms with Crippen LogP contribution in [0.15, 0.2) is 82.2 Å². The highest BCUT2D eigenvalue weighted by Crippen LogP contribution is 2.29. The summed E-state index contributed by atoms with van der Waals surface area (Å²) >= 11 is 5.95. The summed E-state index contributed by atoms with van der Waals surface area (Å²) in [6.07, 6.45) is 1.91. The van der Waals surface area contributed by atoms with Gasteiger partial charge < -0.3 is 14.1 Å². The zero-order valence-electron chi connectivity index (χ0n) is 17.8. The average Bonchev–Trinajstić information content (AvgIpc) is 2.78. The lowest BCUT2D eigenvalue weighted by molar-refractivity contribution is 0.179. The van der Waals surface area contributed by atoms with Crippen molar-refractivity contribution in [3.8, 4) is 16.9 Å². The van der Waals surface area contributed by atoms with Gasteiger partial charge in [-0.1, -0.05) is 35.9 Å². The van der Waals surface area contributed by atoms with Crippen LogP contribution in [0.25, 0.3) is 22.1 Å². The molecule has 1 heterocycles. The smallest absolute Gasteiger partial charge is 0.200 e. The third-order valence-corrected chi connectivity index (χ3v) is 5.51. The molecule has 4 nitrogen and oxygen atoms in total. The Labute approximate surface area is 190 Å². The van der Waals surface area contributed by atoms with Gasteiger partial charge in [0.2, 0.25) is 0 Å². The van der Waals surface area contributed by atoms with Crippen LogP contribution in [0.4, 0.5) is 4.39 Å². The van der Waals surface area contributed by atoms with Crippen molar-refractivity contribution in [3.05, 3.63) is 99.6 Å². The van der Waals surface area contributed by atoms with E-state index in [1.54, 1.807) is 54.6 Å². The summed E-state index contributed by atoms with van der Waals surface area (Å²) < 4.78 is 25.4. The normalized spacial score (nSPS) is 12.3. The molecule has 4 rings (SSSR count). The van der Waals surface area contributed by atoms with Gasteiger partial charge >= 0.3 is 0 Å². The van der Waals surface area contributed by atoms with Crippen molar-refractivity contribution in [3.63, 3.8) is 0 Å². The van der Waals surface area contributed by atoms with Crippen LogP contribution in [0, 0.1) is 5.82 Å². The number of ether oxygens (including phenoxy) is 1. The molecule has 0 bridgehead atoms. The molecule has 32 heavy (non-hydrogen) atoms. The third kappa shape index (κ3) is 5.01. The van der Waals surface area contributed by atoms with Gasteiger partial charge in [-0.15, -0.1) is 0 Å². The number of hydrogen-bond acceptors (Lipinski definition) is 4. The van der Waals surface area contributed by atoms with E-state index in [2.05, 4.69) is 4.90 Å². The number of halogens is 2. The van der Waals surface area contributed by atoms with E-state index in [9.17, 15) is 9.18 Å². The molecule has 1 atom stereocenters. The predicted molar refractivity (Wildman–Crippen MR) is 126 cm³/mol. The van der Waals surface area contributed by atoms with E-state index in [0.29, 0.717) is 27.3 Å². The summed E-state index contributed by atoms with van der Waals surface area (Å²) in [5, 5.41) is 1.07. The van der Waals surface area contributed by atoms with Gasteiger partial charge in [0.25, 0.3) is 0 Å². The molecule has 1 aromatic heterocycles. The van der Waals surface area contributed by atoms with E-state index < -0.39 is 0 Å². The predicted octanol–water partition coefficient (Wildman–Crippen LogP) is 6.32. The van der Waals surface area contributed by atoms with Crippen LogP contribution >= 0.6 is 11.6 Å². The SMILES string of the molecule is CN(C)CCC(Oc1ccc2c(=O)c(-c3ccc(Cl)cc3)coc2c1)c1ccc(F)cc1. The molecule has 6 heteroatoms. The first kappa shape index (κ1) is 22.1. The molecule has 4 aromatic rings. The summed E-state index contributed by atoms with van der Waals surface area (Å²) in [7, 11) is 3.98. The Morgan fingerprint density at radius 1 is 1.03 bits per heavy atom. The highest BCUT2D eigenvalue weighted by Gasteiger charge is 2.16. The second-order valence-electron chi connectivity index (χ2n) is 7.89. The molecule has 0 radical (unpaired) electrons. The van der Waals surface area contributed by atoms with Crippen molar-refractivity contribution in [1.82, 2.24) is 4.90 Å². The van der Waals surface area contributed by atoms with Crippen LogP contribution in [-0.4, -0.2) is 25.5 Å². The van der Waals surface area contributed by atoms with Crippen molar-refractivity contribution in [1.29, 1.82) is 0 Å². The summed E-state index contributed by atoms with van der Waals surface area (Å²) in [6, 6.07) is 18.6. The minimum atomic E-state index is -0.288. The number of benzene rings is 3. The maximum Gasteiger partial charge on any atom is 0.200 e. The zero-order valence-corrected chi connectivity index (χ0v) is 18.6. The Morgan fingerprint density at radius 2 is 1.75 bits per heavy atom. The lowest BCUT2D eigenvalue weighted by atomic mass is 10.1. The average molecular weight is 452 g/mol. The maximum atomic E-state index is 13.4. The molecular formula is C26H23ClFNO3. The molecule has 0 fully saturated rings. The summed E-state index contributed by atoms with van der Waals surface area (Å²) in [5.74, 6) is 0.289. The monoisotopic (exact) mass is 451 g/mol. The van der Waals surface area contributed by atoms with Crippen molar-refractivity contribution in [2.75, 3.05) is 20.6 Å². The highest BCUT2D eigenvalue weighted by molar-refractivity contribution is 6.30. The number of fused-ring (bicyclic) bond motifs is 1. The minimum Gasteiger partial charge on any atom is -0.486 e. The van der Waals surface area contributed by atoms with Crippen LogP contribution in [0.3, 0.4) is 0 Å².